The number of carbonyl (C=O) groups is 1. The Morgan fingerprint density at radius 1 is 1.21 bits per heavy atom. The fourth-order valence-electron chi connectivity index (χ4n) is 1.96. The molecule has 1 aromatic rings. The predicted octanol–water partition coefficient (Wildman–Crippen LogP) is 3.46. The molecule has 4 heteroatoms. The third kappa shape index (κ3) is 2.83. The fourth-order valence-corrected chi connectivity index (χ4v) is 1.96. The van der Waals surface area contributed by atoms with Gasteiger partial charge in [0.25, 0.3) is 0 Å². The Hall–Kier alpha value is -1.71. The van der Waals surface area contributed by atoms with E-state index >= 15 is 0 Å². The van der Waals surface area contributed by atoms with Gasteiger partial charge >= 0.3 is 5.97 Å². The molecule has 1 aliphatic rings. The molecule has 0 radical (unpaired) electrons. The van der Waals surface area contributed by atoms with Gasteiger partial charge in [-0.2, -0.15) is 0 Å². The second kappa shape index (κ2) is 4.15. The number of hydrogen-bond donors (Lipinski definition) is 0. The second-order valence-electron chi connectivity index (χ2n) is 6.19. The molecular weight excluding hydrogens is 244 g/mol. The minimum Gasteiger partial charge on any atom is -0.456 e. The van der Waals surface area contributed by atoms with Crippen molar-refractivity contribution in [3.63, 3.8) is 0 Å². The maximum absolute atomic E-state index is 12.3. The molecule has 0 amide bonds. The van der Waals surface area contributed by atoms with E-state index in [1.54, 1.807) is 13.8 Å². The van der Waals surface area contributed by atoms with Gasteiger partial charge in [0.2, 0.25) is 5.79 Å². The number of esters is 1. The van der Waals surface area contributed by atoms with Gasteiger partial charge in [-0.15, -0.1) is 0 Å². The van der Waals surface area contributed by atoms with Crippen molar-refractivity contribution in [2.45, 2.75) is 52.9 Å². The SMILES string of the molecule is Cc1ccc2c(c1C(=O)OC(C)(C)C)OC(C)(C)O2. The molecule has 4 nitrogen and oxygen atoms in total. The zero-order valence-electron chi connectivity index (χ0n) is 12.3. The van der Waals surface area contributed by atoms with Gasteiger partial charge in [0.1, 0.15) is 11.2 Å². The van der Waals surface area contributed by atoms with Gasteiger partial charge in [0.15, 0.2) is 11.5 Å². The molecule has 0 aliphatic carbocycles. The van der Waals surface area contributed by atoms with E-state index in [1.807, 2.05) is 39.8 Å². The van der Waals surface area contributed by atoms with Gasteiger partial charge in [0, 0.05) is 13.8 Å². The van der Waals surface area contributed by atoms with Crippen LogP contribution in [0.3, 0.4) is 0 Å². The van der Waals surface area contributed by atoms with E-state index in [0.29, 0.717) is 17.1 Å². The van der Waals surface area contributed by atoms with E-state index < -0.39 is 11.4 Å². The van der Waals surface area contributed by atoms with Crippen molar-refractivity contribution in [3.8, 4) is 11.5 Å². The van der Waals surface area contributed by atoms with Crippen molar-refractivity contribution in [2.75, 3.05) is 0 Å². The summed E-state index contributed by atoms with van der Waals surface area (Å²) in [5.74, 6) is -0.0914. The summed E-state index contributed by atoms with van der Waals surface area (Å²) in [4.78, 5) is 12.3. The van der Waals surface area contributed by atoms with Crippen molar-refractivity contribution in [2.24, 2.45) is 0 Å². The highest BCUT2D eigenvalue weighted by atomic mass is 16.7. The Kier molecular flexibility index (Phi) is 3.00. The van der Waals surface area contributed by atoms with E-state index in [4.69, 9.17) is 14.2 Å². The van der Waals surface area contributed by atoms with Crippen LogP contribution >= 0.6 is 0 Å². The van der Waals surface area contributed by atoms with Gasteiger partial charge < -0.3 is 14.2 Å². The molecule has 0 aromatic heterocycles. The third-order valence-electron chi connectivity index (χ3n) is 2.64. The first-order chi connectivity index (χ1) is 8.59. The Balaban J connectivity index is 2.43. The minimum absolute atomic E-state index is 0.386. The van der Waals surface area contributed by atoms with Crippen LogP contribution in [0.4, 0.5) is 0 Å². The van der Waals surface area contributed by atoms with Crippen molar-refractivity contribution in [1.82, 2.24) is 0 Å². The standard InChI is InChI=1S/C15H20O4/c1-9-7-8-10-12(18-15(5,6)17-10)11(9)13(16)19-14(2,3)4/h7-8H,1-6H3. The number of rotatable bonds is 1. The zero-order chi connectivity index (χ0) is 14.4. The summed E-state index contributed by atoms with van der Waals surface area (Å²) in [5, 5.41) is 0. The minimum atomic E-state index is -0.757. The van der Waals surface area contributed by atoms with Crippen LogP contribution in [0.25, 0.3) is 0 Å². The average molecular weight is 264 g/mol. The summed E-state index contributed by atoms with van der Waals surface area (Å²) >= 11 is 0. The fraction of sp³-hybridized carbons (Fsp3) is 0.533. The van der Waals surface area contributed by atoms with Crippen LogP contribution in [0, 0.1) is 6.92 Å². The number of benzene rings is 1. The lowest BCUT2D eigenvalue weighted by Gasteiger charge is -2.21. The maximum Gasteiger partial charge on any atom is 0.342 e. The highest BCUT2D eigenvalue weighted by Crippen LogP contribution is 2.43. The lowest BCUT2D eigenvalue weighted by molar-refractivity contribution is -0.0437. The van der Waals surface area contributed by atoms with Gasteiger partial charge in [-0.1, -0.05) is 6.07 Å². The normalized spacial score (nSPS) is 16.3. The Morgan fingerprint density at radius 2 is 1.84 bits per heavy atom. The van der Waals surface area contributed by atoms with Crippen LogP contribution in [0.15, 0.2) is 12.1 Å². The average Bonchev–Trinajstić information content (AvgIpc) is 2.48. The molecule has 0 N–H and O–H groups in total. The molecule has 0 saturated heterocycles. The lowest BCUT2D eigenvalue weighted by Crippen LogP contribution is -2.30. The summed E-state index contributed by atoms with van der Waals surface area (Å²) < 4.78 is 16.8. The molecule has 19 heavy (non-hydrogen) atoms. The van der Waals surface area contributed by atoms with Gasteiger partial charge in [-0.25, -0.2) is 4.79 Å². The van der Waals surface area contributed by atoms with Crippen molar-refractivity contribution < 1.29 is 19.0 Å². The summed E-state index contributed by atoms with van der Waals surface area (Å²) in [6.07, 6.45) is 0. The highest BCUT2D eigenvalue weighted by Gasteiger charge is 2.36. The summed E-state index contributed by atoms with van der Waals surface area (Å²) in [6, 6.07) is 3.65. The van der Waals surface area contributed by atoms with Crippen LogP contribution in [-0.4, -0.2) is 17.4 Å². The zero-order valence-corrected chi connectivity index (χ0v) is 12.3. The number of carbonyl (C=O) groups excluding carboxylic acids is 1. The molecule has 1 aromatic carbocycles. The number of ether oxygens (including phenoxy) is 3. The first kappa shape index (κ1) is 13.7. The van der Waals surface area contributed by atoms with Crippen LogP contribution in [0.2, 0.25) is 0 Å². The van der Waals surface area contributed by atoms with E-state index in [0.717, 1.165) is 5.56 Å². The highest BCUT2D eigenvalue weighted by molar-refractivity contribution is 5.95. The van der Waals surface area contributed by atoms with Crippen LogP contribution in [0.5, 0.6) is 11.5 Å². The number of fused-ring (bicyclic) bond motifs is 1. The molecule has 0 saturated carbocycles. The number of aryl methyl sites for hydroxylation is 1. The molecule has 0 bridgehead atoms. The molecule has 0 atom stereocenters. The molecule has 0 fully saturated rings. The molecule has 1 aliphatic heterocycles. The van der Waals surface area contributed by atoms with E-state index in [2.05, 4.69) is 0 Å². The quantitative estimate of drug-likeness (QED) is 0.729. The molecule has 0 spiro atoms. The number of hydrogen-bond acceptors (Lipinski definition) is 4. The van der Waals surface area contributed by atoms with Gasteiger partial charge in [0.05, 0.1) is 0 Å². The van der Waals surface area contributed by atoms with Gasteiger partial charge in [-0.05, 0) is 39.3 Å². The molecular formula is C15H20O4. The smallest absolute Gasteiger partial charge is 0.342 e. The first-order valence-electron chi connectivity index (χ1n) is 6.34. The monoisotopic (exact) mass is 264 g/mol. The predicted molar refractivity (Wildman–Crippen MR) is 71.7 cm³/mol. The molecule has 1 heterocycles. The second-order valence-corrected chi connectivity index (χ2v) is 6.19. The molecule has 2 rings (SSSR count). The van der Waals surface area contributed by atoms with E-state index in [-0.39, 0.29) is 5.97 Å². The van der Waals surface area contributed by atoms with E-state index in [1.165, 1.54) is 0 Å². The summed E-state index contributed by atoms with van der Waals surface area (Å²) in [5.41, 5.74) is 0.716. The van der Waals surface area contributed by atoms with Crippen LogP contribution in [-0.2, 0) is 4.74 Å². The van der Waals surface area contributed by atoms with Crippen molar-refractivity contribution >= 4 is 5.97 Å². The largest absolute Gasteiger partial charge is 0.456 e. The topological polar surface area (TPSA) is 44.8 Å². The lowest BCUT2D eigenvalue weighted by atomic mass is 10.1. The van der Waals surface area contributed by atoms with E-state index in [9.17, 15) is 4.79 Å². The van der Waals surface area contributed by atoms with Crippen LogP contribution < -0.4 is 9.47 Å². The molecule has 104 valence electrons. The van der Waals surface area contributed by atoms with Crippen LogP contribution in [0.1, 0.15) is 50.5 Å². The van der Waals surface area contributed by atoms with Crippen molar-refractivity contribution in [1.29, 1.82) is 0 Å². The Morgan fingerprint density at radius 3 is 2.42 bits per heavy atom. The van der Waals surface area contributed by atoms with Gasteiger partial charge in [-0.3, -0.25) is 0 Å². The maximum atomic E-state index is 12.3. The molecule has 0 unspecified atom stereocenters. The Bertz CT molecular complexity index is 524. The Labute approximate surface area is 113 Å². The summed E-state index contributed by atoms with van der Waals surface area (Å²) in [6.45, 7) is 11.0. The first-order valence-corrected chi connectivity index (χ1v) is 6.34. The van der Waals surface area contributed by atoms with Crippen molar-refractivity contribution in [3.05, 3.63) is 23.3 Å². The summed E-state index contributed by atoms with van der Waals surface area (Å²) in [7, 11) is 0. The third-order valence-corrected chi connectivity index (χ3v) is 2.64.